The Balaban J connectivity index is 2.13. The summed E-state index contributed by atoms with van der Waals surface area (Å²) in [5.74, 6) is 1.35. The predicted octanol–water partition coefficient (Wildman–Crippen LogP) is 4.79. The van der Waals surface area contributed by atoms with Gasteiger partial charge in [-0.3, -0.25) is 9.59 Å². The topological polar surface area (TPSA) is 58.6 Å². The molecule has 2 aromatic carbocycles. The van der Waals surface area contributed by atoms with E-state index in [0.717, 1.165) is 11.3 Å². The van der Waals surface area contributed by atoms with Crippen LogP contribution in [0.3, 0.4) is 0 Å². The van der Waals surface area contributed by atoms with Crippen molar-refractivity contribution in [2.45, 2.75) is 31.7 Å². The number of ether oxygens (including phenoxy) is 1. The van der Waals surface area contributed by atoms with Crippen LogP contribution in [0.1, 0.15) is 24.5 Å². The number of methoxy groups -OCH3 is 1. The Morgan fingerprint density at radius 3 is 2.30 bits per heavy atom. The van der Waals surface area contributed by atoms with Gasteiger partial charge in [0.25, 0.3) is 0 Å². The molecule has 0 heterocycles. The van der Waals surface area contributed by atoms with Crippen LogP contribution in [0.4, 0.5) is 0 Å². The number of hydrogen-bond acceptors (Lipinski definition) is 4. The van der Waals surface area contributed by atoms with Gasteiger partial charge in [0.15, 0.2) is 0 Å². The average molecular weight is 469 g/mol. The van der Waals surface area contributed by atoms with Gasteiger partial charge in [0.2, 0.25) is 11.8 Å². The number of benzene rings is 2. The molecule has 2 rings (SSSR count). The van der Waals surface area contributed by atoms with Gasteiger partial charge in [-0.25, -0.2) is 0 Å². The summed E-state index contributed by atoms with van der Waals surface area (Å²) >= 11 is 14.1. The Kier molecular flexibility index (Phi) is 9.82. The summed E-state index contributed by atoms with van der Waals surface area (Å²) in [5, 5.41) is 3.58. The molecule has 5 nitrogen and oxygen atoms in total. The Hall–Kier alpha value is -1.89. The van der Waals surface area contributed by atoms with Crippen LogP contribution in [0.5, 0.6) is 5.75 Å². The molecule has 162 valence electrons. The van der Waals surface area contributed by atoms with Gasteiger partial charge < -0.3 is 15.0 Å². The van der Waals surface area contributed by atoms with Gasteiger partial charge in [0, 0.05) is 35.0 Å². The van der Waals surface area contributed by atoms with E-state index in [1.165, 1.54) is 11.8 Å². The lowest BCUT2D eigenvalue weighted by molar-refractivity contribution is -0.139. The molecule has 0 fully saturated rings. The number of likely N-dealkylation sites (N-methyl/N-ethyl adjacent to an activating group) is 1. The van der Waals surface area contributed by atoms with E-state index < -0.39 is 6.04 Å². The lowest BCUT2D eigenvalue weighted by Crippen LogP contribution is -2.48. The molecule has 0 saturated carbocycles. The first-order valence-electron chi connectivity index (χ1n) is 9.55. The Morgan fingerprint density at radius 2 is 1.77 bits per heavy atom. The molecule has 0 radical (unpaired) electrons. The summed E-state index contributed by atoms with van der Waals surface area (Å²) in [6.07, 6.45) is 0.483. The van der Waals surface area contributed by atoms with Crippen molar-refractivity contribution in [3.8, 4) is 5.75 Å². The minimum absolute atomic E-state index is 0.139. The number of amides is 2. The molecule has 2 amide bonds. The molecular formula is C22H26Cl2N2O3S. The quantitative estimate of drug-likeness (QED) is 0.544. The maximum absolute atomic E-state index is 13.1. The van der Waals surface area contributed by atoms with E-state index in [-0.39, 0.29) is 24.1 Å². The maximum Gasteiger partial charge on any atom is 0.242 e. The normalized spacial score (nSPS) is 11.6. The number of halogens is 2. The van der Waals surface area contributed by atoms with Crippen LogP contribution in [0.2, 0.25) is 10.0 Å². The van der Waals surface area contributed by atoms with Gasteiger partial charge in [-0.15, -0.1) is 11.8 Å². The second-order valence-corrected chi connectivity index (χ2v) is 8.40. The van der Waals surface area contributed by atoms with Crippen molar-refractivity contribution in [3.05, 3.63) is 63.6 Å². The van der Waals surface area contributed by atoms with E-state index >= 15 is 0 Å². The summed E-state index contributed by atoms with van der Waals surface area (Å²) in [7, 11) is 3.19. The molecule has 0 bridgehead atoms. The second-order valence-electron chi connectivity index (χ2n) is 6.60. The molecule has 1 atom stereocenters. The third kappa shape index (κ3) is 6.56. The van der Waals surface area contributed by atoms with E-state index in [0.29, 0.717) is 27.8 Å². The number of carbonyl (C=O) groups excluding carboxylic acids is 2. The minimum atomic E-state index is -0.601. The summed E-state index contributed by atoms with van der Waals surface area (Å²) in [6, 6.07) is 12.3. The van der Waals surface area contributed by atoms with Gasteiger partial charge in [0.1, 0.15) is 11.8 Å². The maximum atomic E-state index is 13.1. The second kappa shape index (κ2) is 12.1. The number of carbonyl (C=O) groups is 2. The summed E-state index contributed by atoms with van der Waals surface area (Å²) < 4.78 is 5.16. The van der Waals surface area contributed by atoms with Crippen molar-refractivity contribution < 1.29 is 14.3 Å². The van der Waals surface area contributed by atoms with Crippen LogP contribution < -0.4 is 10.1 Å². The number of thioether (sulfide) groups is 1. The van der Waals surface area contributed by atoms with Crippen molar-refractivity contribution in [1.82, 2.24) is 10.2 Å². The Labute approximate surface area is 192 Å². The fourth-order valence-corrected chi connectivity index (χ4v) is 4.39. The molecule has 30 heavy (non-hydrogen) atoms. The highest BCUT2D eigenvalue weighted by Gasteiger charge is 2.29. The molecule has 0 unspecified atom stereocenters. The summed E-state index contributed by atoms with van der Waals surface area (Å²) in [4.78, 5) is 27.1. The number of hydrogen-bond donors (Lipinski definition) is 1. The van der Waals surface area contributed by atoms with E-state index in [1.54, 1.807) is 37.3 Å². The number of rotatable bonds is 10. The van der Waals surface area contributed by atoms with Crippen LogP contribution >= 0.6 is 35.0 Å². The molecule has 8 heteroatoms. The lowest BCUT2D eigenvalue weighted by atomic mass is 10.1. The first-order chi connectivity index (χ1) is 14.4. The fraction of sp³-hybridized carbons (Fsp3) is 0.364. The Bertz CT molecular complexity index is 842. The molecule has 0 aromatic heterocycles. The lowest BCUT2D eigenvalue weighted by Gasteiger charge is -2.30. The summed E-state index contributed by atoms with van der Waals surface area (Å²) in [6.45, 7) is 2.05. The van der Waals surface area contributed by atoms with Gasteiger partial charge in [-0.1, -0.05) is 48.3 Å². The van der Waals surface area contributed by atoms with Gasteiger partial charge >= 0.3 is 0 Å². The van der Waals surface area contributed by atoms with E-state index in [2.05, 4.69) is 5.32 Å². The standard InChI is InChI=1S/C22H26Cl2N2O3S/c1-4-20(22(28)25-2)26(12-17-18(23)6-5-7-19(17)24)21(27)14-30-13-15-8-10-16(29-3)11-9-15/h5-11,20H,4,12-14H2,1-3H3,(H,25,28)/t20-/m1/s1. The molecule has 1 N–H and O–H groups in total. The molecule has 0 spiro atoms. The monoisotopic (exact) mass is 468 g/mol. The molecule has 2 aromatic rings. The average Bonchev–Trinajstić information content (AvgIpc) is 2.75. The van der Waals surface area contributed by atoms with Gasteiger partial charge in [-0.05, 0) is 36.2 Å². The van der Waals surface area contributed by atoms with Gasteiger partial charge in [-0.2, -0.15) is 0 Å². The zero-order valence-corrected chi connectivity index (χ0v) is 19.6. The van der Waals surface area contributed by atoms with Crippen LogP contribution in [-0.4, -0.2) is 42.7 Å². The summed E-state index contributed by atoms with van der Waals surface area (Å²) in [5.41, 5.74) is 1.73. The van der Waals surface area contributed by atoms with Crippen LogP contribution in [0, 0.1) is 0 Å². The van der Waals surface area contributed by atoms with Gasteiger partial charge in [0.05, 0.1) is 12.9 Å². The van der Waals surface area contributed by atoms with E-state index in [1.807, 2.05) is 31.2 Å². The highest BCUT2D eigenvalue weighted by molar-refractivity contribution is 7.99. The number of nitrogens with one attached hydrogen (secondary N) is 1. The fourth-order valence-electron chi connectivity index (χ4n) is 3.00. The largest absolute Gasteiger partial charge is 0.497 e. The SMILES string of the molecule is CC[C@H](C(=O)NC)N(Cc1c(Cl)cccc1Cl)C(=O)CSCc1ccc(OC)cc1. The molecular weight excluding hydrogens is 443 g/mol. The van der Waals surface area contributed by atoms with Crippen LogP contribution in [0.15, 0.2) is 42.5 Å². The van der Waals surface area contributed by atoms with Crippen molar-refractivity contribution in [3.63, 3.8) is 0 Å². The number of nitrogens with zero attached hydrogens (tertiary/aromatic N) is 1. The molecule has 0 saturated heterocycles. The third-order valence-corrected chi connectivity index (χ3v) is 6.37. The van der Waals surface area contributed by atoms with Crippen molar-refractivity contribution in [1.29, 1.82) is 0 Å². The molecule has 0 aliphatic heterocycles. The zero-order chi connectivity index (χ0) is 22.1. The minimum Gasteiger partial charge on any atom is -0.497 e. The van der Waals surface area contributed by atoms with Crippen molar-refractivity contribution in [2.75, 3.05) is 19.9 Å². The highest BCUT2D eigenvalue weighted by atomic mass is 35.5. The smallest absolute Gasteiger partial charge is 0.242 e. The third-order valence-electron chi connectivity index (χ3n) is 4.68. The first kappa shape index (κ1) is 24.4. The first-order valence-corrected chi connectivity index (χ1v) is 11.5. The Morgan fingerprint density at radius 1 is 1.13 bits per heavy atom. The van der Waals surface area contributed by atoms with Crippen LogP contribution in [0.25, 0.3) is 0 Å². The van der Waals surface area contributed by atoms with Crippen molar-refractivity contribution in [2.24, 2.45) is 0 Å². The molecule has 0 aliphatic carbocycles. The van der Waals surface area contributed by atoms with E-state index in [4.69, 9.17) is 27.9 Å². The highest BCUT2D eigenvalue weighted by Crippen LogP contribution is 2.27. The predicted molar refractivity (Wildman–Crippen MR) is 124 cm³/mol. The zero-order valence-electron chi connectivity index (χ0n) is 17.3. The van der Waals surface area contributed by atoms with E-state index in [9.17, 15) is 9.59 Å². The van der Waals surface area contributed by atoms with Crippen molar-refractivity contribution >= 4 is 46.8 Å². The van der Waals surface area contributed by atoms with Crippen LogP contribution in [-0.2, 0) is 21.9 Å². The molecule has 0 aliphatic rings.